The lowest BCUT2D eigenvalue weighted by atomic mass is 9.31. The monoisotopic (exact) mass is 1520 g/mol. The highest BCUT2D eigenvalue weighted by atomic mass is 32.2. The van der Waals surface area contributed by atoms with Crippen molar-refractivity contribution in [1.29, 1.82) is 0 Å². The Morgan fingerprint density at radius 2 is 0.585 bits per heavy atom. The van der Waals surface area contributed by atoms with Gasteiger partial charge in [0.1, 0.15) is 0 Å². The summed E-state index contributed by atoms with van der Waals surface area (Å²) in [6.45, 7) is 9.13. The van der Waals surface area contributed by atoms with Crippen LogP contribution in [-0.4, -0.2) is 19.5 Å². The molecule has 22 rings (SSSR count). The van der Waals surface area contributed by atoms with Crippen molar-refractivity contribution in [3.63, 3.8) is 0 Å². The molecule has 0 spiro atoms. The lowest BCUT2D eigenvalue weighted by Gasteiger charge is -2.47. The number of nitrogens with zero attached hydrogens (tertiary/aromatic N) is 4. The van der Waals surface area contributed by atoms with Gasteiger partial charge in [0.15, 0.2) is 0 Å². The molecule has 1 unspecified atom stereocenters. The van der Waals surface area contributed by atoms with Crippen molar-refractivity contribution in [1.82, 2.24) is 0 Å². The predicted molar refractivity (Wildman–Crippen MR) is 504 cm³/mol. The molecule has 5 aliphatic heterocycles. The van der Waals surface area contributed by atoms with Gasteiger partial charge >= 0.3 is 0 Å². The first-order chi connectivity index (χ1) is 58.1. The molecule has 17 aromatic rings. The van der Waals surface area contributed by atoms with Crippen LogP contribution in [-0.2, 0) is 5.41 Å². The third-order valence-corrected chi connectivity index (χ3v) is 26.1. The van der Waals surface area contributed by atoms with E-state index in [0.717, 1.165) is 135 Å². The fraction of sp³-hybridized carbons (Fsp3) is 0.0631. The lowest BCUT2D eigenvalue weighted by Crippen LogP contribution is -2.64. The first-order valence-corrected chi connectivity index (χ1v) is 42.2. The molecule has 0 amide bonds. The third-order valence-electron chi connectivity index (χ3n) is 25.0. The van der Waals surface area contributed by atoms with Crippen LogP contribution in [0.25, 0.3) is 100 Å². The molecule has 558 valence electrons. The SMILES string of the molecule is CC1CC=CN1c1cc2c3c(c1)N(c1c(-c4ccccc4)cc(-c4ccccc4)cc1-c1ccccc1)c1ccccc1B3c1cc3c(cc1S2)N(c1c(-c2ccccc2)cc(-c2ccccc2)cc1-c1ccccc1)c1cc(C(C)(C)C)cc2c1B3c1ccccc1N2c1c(-c2ccccc2)cc(-c2ccccc2)cc1-c1ccccc1. The summed E-state index contributed by atoms with van der Waals surface area (Å²) in [6.07, 6.45) is 5.64. The average Bonchev–Trinajstić information content (AvgIpc) is 0.699. The fourth-order valence-electron chi connectivity index (χ4n) is 19.4. The Morgan fingerprint density at radius 3 is 0.924 bits per heavy atom. The molecule has 0 bridgehead atoms. The van der Waals surface area contributed by atoms with Gasteiger partial charge in [-0.05, 0) is 197 Å². The molecule has 4 nitrogen and oxygen atoms in total. The van der Waals surface area contributed by atoms with E-state index in [1.165, 1.54) is 76.2 Å². The summed E-state index contributed by atoms with van der Waals surface area (Å²) in [5.41, 5.74) is 40.8. The van der Waals surface area contributed by atoms with E-state index in [0.29, 0.717) is 0 Å². The Labute approximate surface area is 697 Å². The zero-order chi connectivity index (χ0) is 78.7. The Morgan fingerprint density at radius 1 is 0.271 bits per heavy atom. The third kappa shape index (κ3) is 11.9. The molecular formula is C111H82B2N4S. The van der Waals surface area contributed by atoms with Gasteiger partial charge < -0.3 is 19.6 Å². The standard InChI is InChI=1S/C111H82B2N4S/c1-73-37-36-60-114(73)87-69-103-107-105(70-87)118-104-72-100-96(71-97(104)113(107)95-57-33-35-59-99(95)116(103)109-90(79-48-24-10-25-49-79)63-84(75-40-16-6-17-41-75)64-91(109)80-50-26-11-27-51-80)112-94-56-32-34-58-98(94)115(108-88(77-44-20-8-21-45-77)61-83(74-38-14-5-15-39-74)62-89(108)78-46-22-9-23-47-78)101-67-86(111(2,3)4)68-102(106(101)112)117(100)110-92(81-52-28-12-29-53-81)65-85(76-42-18-7-19-43-76)66-93(110)82-54-30-13-31-55-82/h5-36,38-73H,37H2,1-4H3. The van der Waals surface area contributed by atoms with Gasteiger partial charge in [-0.3, -0.25) is 0 Å². The minimum atomic E-state index is -0.332. The van der Waals surface area contributed by atoms with Crippen LogP contribution in [0.1, 0.15) is 39.7 Å². The van der Waals surface area contributed by atoms with E-state index in [4.69, 9.17) is 0 Å². The lowest BCUT2D eigenvalue weighted by molar-refractivity contribution is 0.590. The number of rotatable bonds is 13. The van der Waals surface area contributed by atoms with Crippen LogP contribution < -0.4 is 52.4 Å². The maximum atomic E-state index is 2.76. The molecule has 0 saturated heterocycles. The quantitative estimate of drug-likeness (QED) is 0.106. The minimum absolute atomic E-state index is 0.189. The number of benzene rings is 17. The summed E-state index contributed by atoms with van der Waals surface area (Å²) >= 11 is 1.95. The van der Waals surface area contributed by atoms with Crippen LogP contribution in [0.2, 0.25) is 0 Å². The molecule has 0 aromatic heterocycles. The molecule has 5 heterocycles. The van der Waals surface area contributed by atoms with Gasteiger partial charge in [0.05, 0.1) is 17.1 Å². The zero-order valence-corrected chi connectivity index (χ0v) is 67.1. The van der Waals surface area contributed by atoms with Crippen molar-refractivity contribution in [2.24, 2.45) is 0 Å². The second-order valence-corrected chi connectivity index (χ2v) is 34.1. The van der Waals surface area contributed by atoms with E-state index in [2.05, 4.69) is 454 Å². The van der Waals surface area contributed by atoms with Crippen molar-refractivity contribution in [2.75, 3.05) is 19.6 Å². The predicted octanol–water partition coefficient (Wildman–Crippen LogP) is 25.9. The Kier molecular flexibility index (Phi) is 17.3. The maximum Gasteiger partial charge on any atom is 0.252 e. The van der Waals surface area contributed by atoms with Gasteiger partial charge in [-0.15, -0.1) is 0 Å². The van der Waals surface area contributed by atoms with Gasteiger partial charge in [0.2, 0.25) is 6.71 Å². The Balaban J connectivity index is 0.868. The second-order valence-electron chi connectivity index (χ2n) is 33.0. The Bertz CT molecular complexity index is 6620. The maximum absolute atomic E-state index is 2.76. The van der Waals surface area contributed by atoms with Crippen molar-refractivity contribution in [2.45, 2.75) is 55.4 Å². The van der Waals surface area contributed by atoms with Crippen LogP contribution in [0, 0.1) is 0 Å². The molecule has 7 heteroatoms. The molecule has 0 fully saturated rings. The number of anilines is 10. The summed E-state index contributed by atoms with van der Waals surface area (Å²) in [6, 6.07) is 150. The summed E-state index contributed by atoms with van der Waals surface area (Å²) in [5.74, 6) is 0. The van der Waals surface area contributed by atoms with Crippen molar-refractivity contribution in [3.8, 4) is 100 Å². The van der Waals surface area contributed by atoms with Crippen molar-refractivity contribution in [3.05, 3.63) is 412 Å². The summed E-state index contributed by atoms with van der Waals surface area (Å²) in [5, 5.41) is 0. The van der Waals surface area contributed by atoms with Gasteiger partial charge in [-0.25, -0.2) is 0 Å². The van der Waals surface area contributed by atoms with E-state index < -0.39 is 0 Å². The molecule has 5 aliphatic rings. The summed E-state index contributed by atoms with van der Waals surface area (Å²) < 4.78 is 0. The van der Waals surface area contributed by atoms with Gasteiger partial charge in [-0.1, -0.05) is 360 Å². The zero-order valence-electron chi connectivity index (χ0n) is 66.3. The number of hydrogen-bond acceptors (Lipinski definition) is 5. The molecule has 0 radical (unpaired) electrons. The fourth-order valence-corrected chi connectivity index (χ4v) is 20.7. The highest BCUT2D eigenvalue weighted by Crippen LogP contribution is 2.58. The Hall–Kier alpha value is -13.8. The van der Waals surface area contributed by atoms with Crippen molar-refractivity contribution < 1.29 is 0 Å². The van der Waals surface area contributed by atoms with Gasteiger partial charge in [-0.2, -0.15) is 0 Å². The first-order valence-electron chi connectivity index (χ1n) is 41.4. The largest absolute Gasteiger partial charge is 0.345 e. The molecule has 17 aromatic carbocycles. The van der Waals surface area contributed by atoms with E-state index in [1.807, 2.05) is 11.8 Å². The van der Waals surface area contributed by atoms with Crippen molar-refractivity contribution >= 4 is 115 Å². The van der Waals surface area contributed by atoms with Crippen LogP contribution in [0.15, 0.2) is 416 Å². The first kappa shape index (κ1) is 70.8. The summed E-state index contributed by atoms with van der Waals surface area (Å²) in [4.78, 5) is 13.2. The smallest absolute Gasteiger partial charge is 0.252 e. The topological polar surface area (TPSA) is 13.0 Å². The number of hydrogen-bond donors (Lipinski definition) is 0. The molecule has 118 heavy (non-hydrogen) atoms. The highest BCUT2D eigenvalue weighted by Gasteiger charge is 2.49. The van der Waals surface area contributed by atoms with E-state index in [9.17, 15) is 0 Å². The van der Waals surface area contributed by atoms with E-state index in [-0.39, 0.29) is 24.9 Å². The number of fused-ring (bicyclic) bond motifs is 8. The molecule has 0 saturated carbocycles. The van der Waals surface area contributed by atoms with Crippen LogP contribution in [0.3, 0.4) is 0 Å². The van der Waals surface area contributed by atoms with Crippen LogP contribution >= 0.6 is 11.8 Å². The molecule has 1 atom stereocenters. The minimum Gasteiger partial charge on any atom is -0.345 e. The van der Waals surface area contributed by atoms with Gasteiger partial charge in [0, 0.05) is 95.2 Å². The van der Waals surface area contributed by atoms with E-state index >= 15 is 0 Å². The number of para-hydroxylation sites is 2. The average molecular weight is 1530 g/mol. The normalized spacial score (nSPS) is 14.0. The molecule has 0 aliphatic carbocycles. The van der Waals surface area contributed by atoms with Gasteiger partial charge in [0.25, 0.3) is 6.71 Å². The molecule has 0 N–H and O–H groups in total. The summed E-state index contributed by atoms with van der Waals surface area (Å²) in [7, 11) is 0. The molecular weight excluding hydrogens is 1440 g/mol. The van der Waals surface area contributed by atoms with Crippen LogP contribution in [0.4, 0.5) is 56.9 Å². The highest BCUT2D eigenvalue weighted by molar-refractivity contribution is 8.00. The van der Waals surface area contributed by atoms with Crippen LogP contribution in [0.5, 0.6) is 0 Å². The van der Waals surface area contributed by atoms with E-state index in [1.54, 1.807) is 0 Å². The second kappa shape index (κ2) is 28.9.